The van der Waals surface area contributed by atoms with Gasteiger partial charge in [0.1, 0.15) is 11.4 Å². The summed E-state index contributed by atoms with van der Waals surface area (Å²) >= 11 is 0. The number of hydrogen-bond donors (Lipinski definition) is 2. The number of rotatable bonds is 0. The molecule has 5 heteroatoms. The van der Waals surface area contributed by atoms with E-state index in [1.165, 1.54) is 6.92 Å². The van der Waals surface area contributed by atoms with Crippen molar-refractivity contribution >= 4 is 0 Å². The molecule has 1 aromatic rings. The molecule has 0 fully saturated rings. The Hall–Kier alpha value is -0.216. The van der Waals surface area contributed by atoms with Gasteiger partial charge < -0.3 is 27.3 Å². The van der Waals surface area contributed by atoms with Crippen molar-refractivity contribution in [2.24, 2.45) is 0 Å². The van der Waals surface area contributed by atoms with E-state index in [-0.39, 0.29) is 57.1 Å². The molecule has 0 saturated heterocycles. The topological polar surface area (TPSA) is 66.0 Å². The van der Waals surface area contributed by atoms with Crippen molar-refractivity contribution in [2.45, 2.75) is 6.92 Å². The maximum absolute atomic E-state index is 10.6. The first kappa shape index (κ1) is 13.4. The molecular formula is C6H8N2O2Y-2. The van der Waals surface area contributed by atoms with E-state index in [4.69, 9.17) is 5.11 Å². The normalized spacial score (nSPS) is 7.73. The molecule has 0 atom stereocenters. The molecule has 0 unspecified atom stereocenters. The van der Waals surface area contributed by atoms with Crippen molar-refractivity contribution in [3.63, 3.8) is 0 Å². The summed E-state index contributed by atoms with van der Waals surface area (Å²) in [6, 6.07) is 0. The van der Waals surface area contributed by atoms with Gasteiger partial charge in [0.2, 0.25) is 0 Å². The van der Waals surface area contributed by atoms with Crippen molar-refractivity contribution in [1.29, 1.82) is 0 Å². The number of hydrogen-bond acceptors (Lipinski definition) is 3. The van der Waals surface area contributed by atoms with E-state index in [0.717, 1.165) is 0 Å². The zero-order valence-corrected chi connectivity index (χ0v) is 9.22. The SMILES string of the molecule is Cc1c(O)n[c-][nH]c1=O.[CH3-].[Y]. The Labute approximate surface area is 89.9 Å². The van der Waals surface area contributed by atoms with Crippen LogP contribution in [-0.2, 0) is 32.7 Å². The van der Waals surface area contributed by atoms with Gasteiger partial charge in [0.25, 0.3) is 0 Å². The first-order valence-corrected chi connectivity index (χ1v) is 2.37. The average Bonchev–Trinajstić information content (AvgIpc) is 1.83. The Balaban J connectivity index is 0. The average molecular weight is 229 g/mol. The standard InChI is InChI=1S/C5H5N2O2.CH3.Y/c1-3-4(8)6-2-7-5(3)9;;/h1H3,(H2,6,7,8,9);1H3;/q2*-1;. The van der Waals surface area contributed by atoms with E-state index >= 15 is 0 Å². The summed E-state index contributed by atoms with van der Waals surface area (Å²) in [7, 11) is 0. The van der Waals surface area contributed by atoms with E-state index < -0.39 is 0 Å². The Morgan fingerprint density at radius 2 is 2.18 bits per heavy atom. The van der Waals surface area contributed by atoms with Crippen LogP contribution in [0.3, 0.4) is 0 Å². The molecule has 59 valence electrons. The van der Waals surface area contributed by atoms with Crippen LogP contribution in [0.4, 0.5) is 0 Å². The molecule has 2 N–H and O–H groups in total. The fraction of sp³-hybridized carbons (Fsp3) is 0.167. The van der Waals surface area contributed by atoms with Gasteiger partial charge >= 0.3 is 0 Å². The van der Waals surface area contributed by atoms with Crippen LogP contribution >= 0.6 is 0 Å². The molecule has 11 heavy (non-hydrogen) atoms. The zero-order valence-electron chi connectivity index (χ0n) is 6.38. The summed E-state index contributed by atoms with van der Waals surface area (Å²) in [5.41, 5.74) is -0.142. The van der Waals surface area contributed by atoms with E-state index in [0.29, 0.717) is 0 Å². The van der Waals surface area contributed by atoms with Gasteiger partial charge in [-0.2, -0.15) is 0 Å². The first-order chi connectivity index (χ1) is 4.22. The summed E-state index contributed by atoms with van der Waals surface area (Å²) in [4.78, 5) is 16.1. The molecule has 1 rings (SSSR count). The third-order valence-electron chi connectivity index (χ3n) is 1.01. The maximum Gasteiger partial charge on any atom is 0.142 e. The number of nitrogens with one attached hydrogen (secondary N) is 1. The van der Waals surface area contributed by atoms with Gasteiger partial charge in [-0.1, -0.05) is 6.92 Å². The third kappa shape index (κ3) is 3.12. The smallest absolute Gasteiger partial charge is 0.142 e. The maximum atomic E-state index is 10.6. The minimum atomic E-state index is -0.359. The van der Waals surface area contributed by atoms with Crippen LogP contribution in [0, 0.1) is 20.7 Å². The van der Waals surface area contributed by atoms with Crippen molar-refractivity contribution in [3.8, 4) is 5.88 Å². The predicted molar refractivity (Wildman–Crippen MR) is 36.5 cm³/mol. The quantitative estimate of drug-likeness (QED) is 0.617. The molecule has 0 saturated carbocycles. The number of H-pyrrole nitrogens is 1. The van der Waals surface area contributed by atoms with E-state index in [1.54, 1.807) is 0 Å². The number of aromatic hydroxyl groups is 1. The van der Waals surface area contributed by atoms with Gasteiger partial charge in [-0.05, 0) is 5.56 Å². The zero-order chi connectivity index (χ0) is 6.85. The number of aromatic amines is 1. The van der Waals surface area contributed by atoms with Crippen LogP contribution in [0.5, 0.6) is 5.88 Å². The summed E-state index contributed by atoms with van der Waals surface area (Å²) in [6.07, 6.45) is 2.13. The Morgan fingerprint density at radius 3 is 2.55 bits per heavy atom. The molecule has 0 bridgehead atoms. The molecule has 0 aromatic carbocycles. The van der Waals surface area contributed by atoms with Crippen molar-refractivity contribution in [1.82, 2.24) is 9.97 Å². The fourth-order valence-electron chi connectivity index (χ4n) is 0.411. The van der Waals surface area contributed by atoms with Gasteiger partial charge in [0.15, 0.2) is 0 Å². The molecule has 1 radical (unpaired) electrons. The molecule has 4 nitrogen and oxygen atoms in total. The summed E-state index contributed by atoms with van der Waals surface area (Å²) in [5.74, 6) is -0.265. The van der Waals surface area contributed by atoms with Crippen LogP contribution in [-0.4, -0.2) is 15.1 Å². The van der Waals surface area contributed by atoms with Crippen molar-refractivity contribution in [3.05, 3.63) is 29.7 Å². The first-order valence-electron chi connectivity index (χ1n) is 2.37. The van der Waals surface area contributed by atoms with E-state index in [9.17, 15) is 4.79 Å². The minimum Gasteiger partial charge on any atom is -0.550 e. The van der Waals surface area contributed by atoms with Crippen LogP contribution < -0.4 is 5.56 Å². The molecule has 0 aliphatic rings. The van der Waals surface area contributed by atoms with Gasteiger partial charge in [-0.15, -0.1) is 0 Å². The molecule has 1 heterocycles. The number of nitrogens with zero attached hydrogens (tertiary/aromatic N) is 1. The van der Waals surface area contributed by atoms with Gasteiger partial charge in [0.05, 0.1) is 0 Å². The Morgan fingerprint density at radius 1 is 1.64 bits per heavy atom. The third-order valence-corrected chi connectivity index (χ3v) is 1.01. The van der Waals surface area contributed by atoms with Crippen LogP contribution in [0.25, 0.3) is 0 Å². The molecular weight excluding hydrogens is 221 g/mol. The number of aromatic nitrogens is 2. The van der Waals surface area contributed by atoms with Crippen LogP contribution in [0.2, 0.25) is 0 Å². The monoisotopic (exact) mass is 229 g/mol. The molecule has 0 spiro atoms. The van der Waals surface area contributed by atoms with Crippen LogP contribution in [0.1, 0.15) is 5.56 Å². The van der Waals surface area contributed by atoms with E-state index in [1.807, 2.05) is 0 Å². The summed E-state index contributed by atoms with van der Waals surface area (Å²) in [6.45, 7) is 1.48. The van der Waals surface area contributed by atoms with Crippen LogP contribution in [0.15, 0.2) is 4.79 Å². The molecule has 0 aliphatic heterocycles. The second kappa shape index (κ2) is 5.44. The van der Waals surface area contributed by atoms with Gasteiger partial charge in [0, 0.05) is 39.0 Å². The van der Waals surface area contributed by atoms with Gasteiger partial charge in [-0.25, -0.2) is 0 Å². The Kier molecular flexibility index (Phi) is 6.61. The van der Waals surface area contributed by atoms with Crippen molar-refractivity contribution < 1.29 is 37.8 Å². The summed E-state index contributed by atoms with van der Waals surface area (Å²) in [5, 5.41) is 8.74. The molecule has 0 aliphatic carbocycles. The van der Waals surface area contributed by atoms with Crippen molar-refractivity contribution in [2.75, 3.05) is 0 Å². The van der Waals surface area contributed by atoms with E-state index in [2.05, 4.69) is 16.3 Å². The largest absolute Gasteiger partial charge is 0.550 e. The Bertz CT molecular complexity index is 272. The predicted octanol–water partition coefficient (Wildman–Crippen LogP) is 0.0319. The fourth-order valence-corrected chi connectivity index (χ4v) is 0.411. The minimum absolute atomic E-state index is 0. The summed E-state index contributed by atoms with van der Waals surface area (Å²) < 4.78 is 0. The molecule has 1 aromatic heterocycles. The second-order valence-corrected chi connectivity index (χ2v) is 1.63. The van der Waals surface area contributed by atoms with Gasteiger partial charge in [-0.3, -0.25) is 0 Å². The second-order valence-electron chi connectivity index (χ2n) is 1.63. The molecule has 0 amide bonds.